The van der Waals surface area contributed by atoms with Crippen molar-refractivity contribution in [3.63, 3.8) is 0 Å². The van der Waals surface area contributed by atoms with Crippen molar-refractivity contribution in [3.05, 3.63) is 34.9 Å². The van der Waals surface area contributed by atoms with E-state index in [1.807, 2.05) is 31.2 Å². The molecule has 1 aromatic rings. The second-order valence-corrected chi connectivity index (χ2v) is 9.74. The predicted molar refractivity (Wildman–Crippen MR) is 110 cm³/mol. The van der Waals surface area contributed by atoms with Gasteiger partial charge in [0, 0.05) is 16.6 Å². The van der Waals surface area contributed by atoms with E-state index in [-0.39, 0.29) is 23.5 Å². The lowest BCUT2D eigenvalue weighted by Gasteiger charge is -2.56. The van der Waals surface area contributed by atoms with Crippen molar-refractivity contribution in [2.75, 3.05) is 0 Å². The van der Waals surface area contributed by atoms with E-state index in [2.05, 4.69) is 16.0 Å². The third kappa shape index (κ3) is 4.20. The molecule has 4 bridgehead atoms. The van der Waals surface area contributed by atoms with Crippen molar-refractivity contribution in [2.24, 2.45) is 17.8 Å². The van der Waals surface area contributed by atoms with Crippen LogP contribution in [0.25, 0.3) is 0 Å². The lowest BCUT2D eigenvalue weighted by molar-refractivity contribution is -0.121. The number of benzene rings is 1. The van der Waals surface area contributed by atoms with Gasteiger partial charge in [-0.15, -0.1) is 0 Å². The molecule has 0 radical (unpaired) electrons. The number of imide groups is 1. The van der Waals surface area contributed by atoms with Gasteiger partial charge < -0.3 is 5.32 Å². The first-order valence-electron chi connectivity index (χ1n) is 10.5. The van der Waals surface area contributed by atoms with E-state index in [9.17, 15) is 9.59 Å². The van der Waals surface area contributed by atoms with Crippen LogP contribution < -0.4 is 16.0 Å². The molecule has 4 aliphatic rings. The standard InChI is InChI=1S/C22H30ClN3O2/c1-13(18-3-5-19(23)6-4-18)24-14(2)20(27)25-21(28)26-22-10-15-7-16(11-22)9-17(8-15)12-22/h3-6,13-17,24H,7-12H2,1-2H3,(H2,25,26,27,28)/t13-,14+,15?,16?,17?,22?/m0/s1. The van der Waals surface area contributed by atoms with Gasteiger partial charge in [-0.1, -0.05) is 23.7 Å². The number of nitrogens with one attached hydrogen (secondary N) is 3. The molecule has 5 rings (SSSR count). The molecule has 0 saturated heterocycles. The van der Waals surface area contributed by atoms with Crippen molar-refractivity contribution in [1.82, 2.24) is 16.0 Å². The molecule has 6 heteroatoms. The van der Waals surface area contributed by atoms with Crippen LogP contribution in [0.1, 0.15) is 64.0 Å². The highest BCUT2D eigenvalue weighted by Gasteiger charge is 2.51. The summed E-state index contributed by atoms with van der Waals surface area (Å²) in [6.07, 6.45) is 7.19. The maximum absolute atomic E-state index is 12.6. The Bertz CT molecular complexity index is 713. The van der Waals surface area contributed by atoms with E-state index in [1.165, 1.54) is 19.3 Å². The van der Waals surface area contributed by atoms with Crippen LogP contribution in [-0.2, 0) is 4.79 Å². The number of carbonyl (C=O) groups excluding carboxylic acids is 2. The zero-order valence-electron chi connectivity index (χ0n) is 16.6. The van der Waals surface area contributed by atoms with Gasteiger partial charge in [-0.3, -0.25) is 15.4 Å². The van der Waals surface area contributed by atoms with Gasteiger partial charge in [0.25, 0.3) is 0 Å². The van der Waals surface area contributed by atoms with E-state index in [0.717, 1.165) is 42.6 Å². The van der Waals surface area contributed by atoms with Crippen molar-refractivity contribution >= 4 is 23.5 Å². The third-order valence-corrected chi connectivity index (χ3v) is 7.17. The summed E-state index contributed by atoms with van der Waals surface area (Å²) < 4.78 is 0. The number of halogens is 1. The monoisotopic (exact) mass is 403 g/mol. The smallest absolute Gasteiger partial charge is 0.321 e. The molecular weight excluding hydrogens is 374 g/mol. The molecular formula is C22H30ClN3O2. The highest BCUT2D eigenvalue weighted by atomic mass is 35.5. The summed E-state index contributed by atoms with van der Waals surface area (Å²) in [6, 6.07) is 6.68. The fourth-order valence-electron chi connectivity index (χ4n) is 6.05. The van der Waals surface area contributed by atoms with Crippen LogP contribution in [0.2, 0.25) is 5.02 Å². The average molecular weight is 404 g/mol. The van der Waals surface area contributed by atoms with Gasteiger partial charge in [0.05, 0.1) is 6.04 Å². The van der Waals surface area contributed by atoms with E-state index in [1.54, 1.807) is 6.92 Å². The summed E-state index contributed by atoms with van der Waals surface area (Å²) in [5.41, 5.74) is 0.953. The van der Waals surface area contributed by atoms with E-state index >= 15 is 0 Å². The molecule has 5 nitrogen and oxygen atoms in total. The predicted octanol–water partition coefficient (Wildman–Crippen LogP) is 4.17. The minimum Gasteiger partial charge on any atom is -0.332 e. The second kappa shape index (κ2) is 7.68. The molecule has 3 N–H and O–H groups in total. The van der Waals surface area contributed by atoms with E-state index in [0.29, 0.717) is 5.02 Å². The number of hydrogen-bond donors (Lipinski definition) is 3. The summed E-state index contributed by atoms with van der Waals surface area (Å²) >= 11 is 5.93. The summed E-state index contributed by atoms with van der Waals surface area (Å²) in [5.74, 6) is 1.96. The van der Waals surface area contributed by atoms with Gasteiger partial charge in [-0.05, 0) is 87.8 Å². The Morgan fingerprint density at radius 2 is 1.54 bits per heavy atom. The molecule has 4 fully saturated rings. The molecule has 28 heavy (non-hydrogen) atoms. The molecule has 4 aliphatic carbocycles. The maximum atomic E-state index is 12.6. The van der Waals surface area contributed by atoms with Crippen LogP contribution in [0.15, 0.2) is 24.3 Å². The minimum atomic E-state index is -0.479. The third-order valence-electron chi connectivity index (χ3n) is 6.92. The number of urea groups is 1. The first-order chi connectivity index (χ1) is 13.3. The van der Waals surface area contributed by atoms with Crippen LogP contribution in [0.3, 0.4) is 0 Å². The molecule has 0 aromatic heterocycles. The molecule has 3 amide bonds. The fourth-order valence-corrected chi connectivity index (χ4v) is 6.18. The van der Waals surface area contributed by atoms with Crippen molar-refractivity contribution in [3.8, 4) is 0 Å². The van der Waals surface area contributed by atoms with Crippen LogP contribution in [0.5, 0.6) is 0 Å². The molecule has 0 heterocycles. The quantitative estimate of drug-likeness (QED) is 0.690. The topological polar surface area (TPSA) is 70.2 Å². The molecule has 0 aliphatic heterocycles. The highest BCUT2D eigenvalue weighted by Crippen LogP contribution is 2.55. The molecule has 2 atom stereocenters. The van der Waals surface area contributed by atoms with Crippen molar-refractivity contribution in [1.29, 1.82) is 0 Å². The highest BCUT2D eigenvalue weighted by molar-refractivity contribution is 6.30. The Morgan fingerprint density at radius 3 is 2.07 bits per heavy atom. The Hall–Kier alpha value is -1.59. The average Bonchev–Trinajstić information content (AvgIpc) is 2.60. The van der Waals surface area contributed by atoms with Crippen LogP contribution in [0.4, 0.5) is 4.79 Å². The van der Waals surface area contributed by atoms with Gasteiger partial charge >= 0.3 is 6.03 Å². The lowest BCUT2D eigenvalue weighted by atomic mass is 9.53. The van der Waals surface area contributed by atoms with Crippen molar-refractivity contribution < 1.29 is 9.59 Å². The molecule has 0 spiro atoms. The van der Waals surface area contributed by atoms with E-state index in [4.69, 9.17) is 11.6 Å². The number of amides is 3. The fraction of sp³-hybridized carbons (Fsp3) is 0.636. The van der Waals surface area contributed by atoms with Gasteiger partial charge in [0.1, 0.15) is 0 Å². The van der Waals surface area contributed by atoms with Gasteiger partial charge in [0.15, 0.2) is 0 Å². The Kier molecular flexibility index (Phi) is 5.41. The minimum absolute atomic E-state index is 0.0239. The number of hydrogen-bond acceptors (Lipinski definition) is 3. The van der Waals surface area contributed by atoms with Gasteiger partial charge in [-0.25, -0.2) is 4.79 Å². The Morgan fingerprint density at radius 1 is 1.00 bits per heavy atom. The van der Waals surface area contributed by atoms with Gasteiger partial charge in [0.2, 0.25) is 5.91 Å². The molecule has 152 valence electrons. The Labute approximate surface area is 172 Å². The first-order valence-corrected chi connectivity index (χ1v) is 10.8. The lowest BCUT2D eigenvalue weighted by Crippen LogP contribution is -2.62. The molecule has 0 unspecified atom stereocenters. The maximum Gasteiger partial charge on any atom is 0.321 e. The first kappa shape index (κ1) is 19.7. The summed E-state index contributed by atoms with van der Waals surface area (Å²) in [4.78, 5) is 25.1. The molecule has 1 aromatic carbocycles. The largest absolute Gasteiger partial charge is 0.332 e. The zero-order chi connectivity index (χ0) is 19.9. The second-order valence-electron chi connectivity index (χ2n) is 9.30. The zero-order valence-corrected chi connectivity index (χ0v) is 17.4. The van der Waals surface area contributed by atoms with Crippen molar-refractivity contribution in [2.45, 2.75) is 70.0 Å². The van der Waals surface area contributed by atoms with E-state index < -0.39 is 6.04 Å². The number of carbonyl (C=O) groups is 2. The Balaban J connectivity index is 1.29. The van der Waals surface area contributed by atoms with Crippen LogP contribution >= 0.6 is 11.6 Å². The van der Waals surface area contributed by atoms with Gasteiger partial charge in [-0.2, -0.15) is 0 Å². The SMILES string of the molecule is C[C@H](N[C@H](C)C(=O)NC(=O)NC12CC3CC(CC(C3)C1)C2)c1ccc(Cl)cc1. The normalized spacial score (nSPS) is 32.6. The van der Waals surface area contributed by atoms with Crippen LogP contribution in [-0.4, -0.2) is 23.5 Å². The summed E-state index contributed by atoms with van der Waals surface area (Å²) in [5, 5.41) is 9.66. The summed E-state index contributed by atoms with van der Waals surface area (Å²) in [7, 11) is 0. The van der Waals surface area contributed by atoms with Crippen LogP contribution in [0, 0.1) is 17.8 Å². The summed E-state index contributed by atoms with van der Waals surface area (Å²) in [6.45, 7) is 3.77. The number of rotatable bonds is 5. The molecule has 4 saturated carbocycles.